The monoisotopic (exact) mass is 379 g/mol. The zero-order chi connectivity index (χ0) is 18.5. The van der Waals surface area contributed by atoms with Crippen LogP contribution in [0.4, 0.5) is 0 Å². The van der Waals surface area contributed by atoms with Crippen LogP contribution in [0.15, 0.2) is 4.99 Å². The number of hydrogen-bond donors (Lipinski definition) is 1. The van der Waals surface area contributed by atoms with E-state index >= 15 is 0 Å². The van der Waals surface area contributed by atoms with Gasteiger partial charge in [0.1, 0.15) is 9.84 Å². The van der Waals surface area contributed by atoms with E-state index in [4.69, 9.17) is 14.2 Å². The molecule has 1 aliphatic heterocycles. The van der Waals surface area contributed by atoms with Gasteiger partial charge in [-0.1, -0.05) is 0 Å². The third kappa shape index (κ3) is 10.6. The van der Waals surface area contributed by atoms with Gasteiger partial charge >= 0.3 is 0 Å². The van der Waals surface area contributed by atoms with E-state index in [-0.39, 0.29) is 12.4 Å². The molecule has 0 spiro atoms. The maximum atomic E-state index is 11.0. The molecule has 25 heavy (non-hydrogen) atoms. The molecule has 0 aromatic heterocycles. The van der Waals surface area contributed by atoms with Gasteiger partial charge in [-0.15, -0.1) is 0 Å². The Balaban J connectivity index is 2.30. The molecule has 148 valence electrons. The van der Waals surface area contributed by atoms with Crippen molar-refractivity contribution in [2.45, 2.75) is 13.3 Å². The number of methoxy groups -OCH3 is 1. The molecule has 0 bridgehead atoms. The number of nitrogens with zero attached hydrogens (tertiary/aromatic N) is 2. The van der Waals surface area contributed by atoms with E-state index in [0.29, 0.717) is 32.3 Å². The summed E-state index contributed by atoms with van der Waals surface area (Å²) < 4.78 is 38.0. The Bertz CT molecular complexity index is 484. The van der Waals surface area contributed by atoms with Gasteiger partial charge < -0.3 is 24.4 Å². The molecule has 9 heteroatoms. The number of sulfone groups is 1. The summed E-state index contributed by atoms with van der Waals surface area (Å²) in [5.41, 5.74) is 0. The summed E-state index contributed by atoms with van der Waals surface area (Å²) in [7, 11) is -1.30. The van der Waals surface area contributed by atoms with Crippen LogP contribution in [0.25, 0.3) is 0 Å². The van der Waals surface area contributed by atoms with Gasteiger partial charge in [-0.3, -0.25) is 4.99 Å². The molecule has 0 aromatic rings. The normalized spacial score (nSPS) is 18.8. The molecule has 1 aliphatic rings. The highest BCUT2D eigenvalue weighted by molar-refractivity contribution is 7.90. The second kappa shape index (κ2) is 12.5. The second-order valence-corrected chi connectivity index (χ2v) is 8.41. The first-order valence-electron chi connectivity index (χ1n) is 8.81. The van der Waals surface area contributed by atoms with Gasteiger partial charge in [-0.2, -0.15) is 0 Å². The van der Waals surface area contributed by atoms with Gasteiger partial charge in [0.25, 0.3) is 0 Å². The maximum absolute atomic E-state index is 11.0. The Morgan fingerprint density at radius 1 is 1.24 bits per heavy atom. The third-order valence-corrected chi connectivity index (χ3v) is 4.71. The fraction of sp³-hybridized carbons (Fsp3) is 0.938. The minimum absolute atomic E-state index is 0.0493. The molecule has 1 atom stereocenters. The van der Waals surface area contributed by atoms with E-state index in [1.807, 2.05) is 6.92 Å². The quantitative estimate of drug-likeness (QED) is 0.290. The largest absolute Gasteiger partial charge is 0.382 e. The number of hydrogen-bond acceptors (Lipinski definition) is 6. The Morgan fingerprint density at radius 2 is 2.04 bits per heavy atom. The van der Waals surface area contributed by atoms with Crippen LogP contribution in [0, 0.1) is 5.92 Å². The molecule has 1 unspecified atom stereocenters. The summed E-state index contributed by atoms with van der Waals surface area (Å²) in [5, 5.41) is 3.30. The van der Waals surface area contributed by atoms with Gasteiger partial charge in [0.2, 0.25) is 0 Å². The summed E-state index contributed by atoms with van der Waals surface area (Å²) in [6.07, 6.45) is 2.29. The van der Waals surface area contributed by atoms with E-state index in [1.54, 1.807) is 7.11 Å². The SMILES string of the molecule is CCNC(=NCCOCCS(C)(=O)=O)N1CCC(COCCOC)C1. The zero-order valence-electron chi connectivity index (χ0n) is 15.7. The topological polar surface area (TPSA) is 89.5 Å². The third-order valence-electron chi connectivity index (χ3n) is 3.80. The van der Waals surface area contributed by atoms with Crippen molar-refractivity contribution in [1.29, 1.82) is 0 Å². The van der Waals surface area contributed by atoms with Crippen molar-refractivity contribution in [2.75, 3.05) is 78.3 Å². The van der Waals surface area contributed by atoms with Gasteiger partial charge in [-0.25, -0.2) is 8.42 Å². The lowest BCUT2D eigenvalue weighted by atomic mass is 10.1. The molecule has 1 heterocycles. The van der Waals surface area contributed by atoms with Crippen molar-refractivity contribution in [1.82, 2.24) is 10.2 Å². The van der Waals surface area contributed by atoms with E-state index in [2.05, 4.69) is 15.2 Å². The van der Waals surface area contributed by atoms with Crippen molar-refractivity contribution in [3.63, 3.8) is 0 Å². The first-order chi connectivity index (χ1) is 12.0. The highest BCUT2D eigenvalue weighted by atomic mass is 32.2. The summed E-state index contributed by atoms with van der Waals surface area (Å²) in [4.78, 5) is 6.81. The molecule has 8 nitrogen and oxygen atoms in total. The first kappa shape index (κ1) is 22.1. The number of rotatable bonds is 12. The average molecular weight is 380 g/mol. The minimum Gasteiger partial charge on any atom is -0.382 e. The van der Waals surface area contributed by atoms with Gasteiger partial charge in [0, 0.05) is 38.9 Å². The van der Waals surface area contributed by atoms with Crippen molar-refractivity contribution in [2.24, 2.45) is 10.9 Å². The van der Waals surface area contributed by atoms with Crippen LogP contribution >= 0.6 is 0 Å². The first-order valence-corrected chi connectivity index (χ1v) is 10.9. The molecule has 1 N–H and O–H groups in total. The lowest BCUT2D eigenvalue weighted by Gasteiger charge is -2.21. The molecule has 1 fully saturated rings. The molecule has 0 aromatic carbocycles. The Morgan fingerprint density at radius 3 is 2.72 bits per heavy atom. The van der Waals surface area contributed by atoms with Crippen molar-refractivity contribution < 1.29 is 22.6 Å². The predicted octanol–water partition coefficient (Wildman–Crippen LogP) is -0.00200. The van der Waals surface area contributed by atoms with Gasteiger partial charge in [-0.05, 0) is 13.3 Å². The van der Waals surface area contributed by atoms with Crippen LogP contribution in [-0.4, -0.2) is 97.6 Å². The lowest BCUT2D eigenvalue weighted by molar-refractivity contribution is 0.0536. The van der Waals surface area contributed by atoms with Crippen LogP contribution in [0.3, 0.4) is 0 Å². The van der Waals surface area contributed by atoms with Crippen LogP contribution in [0.1, 0.15) is 13.3 Å². The molecule has 1 saturated heterocycles. The number of guanidine groups is 1. The van der Waals surface area contributed by atoms with Crippen molar-refractivity contribution in [3.8, 4) is 0 Å². The molecule has 1 rings (SSSR count). The smallest absolute Gasteiger partial charge is 0.194 e. The fourth-order valence-electron chi connectivity index (χ4n) is 2.51. The molecule has 0 saturated carbocycles. The van der Waals surface area contributed by atoms with Crippen LogP contribution in [0.2, 0.25) is 0 Å². The Labute approximate surface area is 151 Å². The van der Waals surface area contributed by atoms with Gasteiger partial charge in [0.05, 0.1) is 45.3 Å². The summed E-state index contributed by atoms with van der Waals surface area (Å²) >= 11 is 0. The van der Waals surface area contributed by atoms with Crippen molar-refractivity contribution >= 4 is 15.8 Å². The van der Waals surface area contributed by atoms with Gasteiger partial charge in [0.15, 0.2) is 5.96 Å². The average Bonchev–Trinajstić information content (AvgIpc) is 3.01. The molecule has 0 aliphatic carbocycles. The van der Waals surface area contributed by atoms with E-state index < -0.39 is 9.84 Å². The fourth-order valence-corrected chi connectivity index (χ4v) is 2.93. The van der Waals surface area contributed by atoms with E-state index in [0.717, 1.165) is 38.6 Å². The number of aliphatic imine (C=N–C) groups is 1. The summed E-state index contributed by atoms with van der Waals surface area (Å²) in [6, 6.07) is 0. The second-order valence-electron chi connectivity index (χ2n) is 6.15. The van der Waals surface area contributed by atoms with Crippen LogP contribution < -0.4 is 5.32 Å². The highest BCUT2D eigenvalue weighted by Crippen LogP contribution is 2.16. The number of nitrogens with one attached hydrogen (secondary N) is 1. The number of likely N-dealkylation sites (tertiary alicyclic amines) is 1. The Kier molecular flexibility index (Phi) is 11.0. The maximum Gasteiger partial charge on any atom is 0.194 e. The van der Waals surface area contributed by atoms with Crippen LogP contribution in [0.5, 0.6) is 0 Å². The minimum atomic E-state index is -2.97. The van der Waals surface area contributed by atoms with E-state index in [9.17, 15) is 8.42 Å². The summed E-state index contributed by atoms with van der Waals surface area (Å²) in [5.74, 6) is 1.44. The van der Waals surface area contributed by atoms with Crippen LogP contribution in [-0.2, 0) is 24.0 Å². The highest BCUT2D eigenvalue weighted by Gasteiger charge is 2.24. The molecular weight excluding hydrogens is 346 g/mol. The molecule has 0 radical (unpaired) electrons. The molecular formula is C16H33N3O5S. The van der Waals surface area contributed by atoms with E-state index in [1.165, 1.54) is 6.26 Å². The standard InChI is InChI=1S/C16H33N3O5S/c1-4-17-16(18-6-8-23-11-12-25(3,20)21)19-7-5-15(13-19)14-24-10-9-22-2/h15H,4-14H2,1-3H3,(H,17,18). The van der Waals surface area contributed by atoms with Crippen molar-refractivity contribution in [3.05, 3.63) is 0 Å². The number of ether oxygens (including phenoxy) is 3. The lowest BCUT2D eigenvalue weighted by Crippen LogP contribution is -2.40. The predicted molar refractivity (Wildman–Crippen MR) is 98.9 cm³/mol. The zero-order valence-corrected chi connectivity index (χ0v) is 16.5. The summed E-state index contributed by atoms with van der Waals surface area (Å²) in [6.45, 7) is 7.88. The molecule has 0 amide bonds. The Hall–Kier alpha value is -0.900.